The fourth-order valence-corrected chi connectivity index (χ4v) is 4.03. The lowest BCUT2D eigenvalue weighted by Gasteiger charge is -2.25. The number of amides is 1. The van der Waals surface area contributed by atoms with Crippen molar-refractivity contribution in [3.8, 4) is 17.2 Å². The van der Waals surface area contributed by atoms with Crippen molar-refractivity contribution in [1.82, 2.24) is 0 Å². The van der Waals surface area contributed by atoms with Gasteiger partial charge in [0.2, 0.25) is 6.79 Å². The highest BCUT2D eigenvalue weighted by Crippen LogP contribution is 2.43. The first kappa shape index (κ1) is 20.6. The van der Waals surface area contributed by atoms with Gasteiger partial charge in [-0.1, -0.05) is 18.2 Å². The van der Waals surface area contributed by atoms with Crippen LogP contribution in [0.2, 0.25) is 0 Å². The lowest BCUT2D eigenvalue weighted by Crippen LogP contribution is -2.29. The van der Waals surface area contributed by atoms with Crippen molar-refractivity contribution in [2.24, 2.45) is 0 Å². The Bertz CT molecular complexity index is 1300. The number of aliphatic hydroxyl groups is 1. The molecular weight excluding hydrogens is 429 g/mol. The first-order valence-electron chi connectivity index (χ1n) is 10.1. The second-order valence-electron chi connectivity index (χ2n) is 7.49. The maximum Gasteiger partial charge on any atom is 0.300 e. The summed E-state index contributed by atoms with van der Waals surface area (Å²) in [5.41, 5.74) is 0.910. The molecule has 1 amide bonds. The zero-order valence-electron chi connectivity index (χ0n) is 17.4. The highest BCUT2D eigenvalue weighted by atomic mass is 19.1. The number of hydrogen-bond donors (Lipinski definition) is 1. The van der Waals surface area contributed by atoms with Gasteiger partial charge in [0, 0.05) is 11.3 Å². The standard InChI is InChI=1S/C25H18FNO6/c1-31-18-8-5-14(6-9-18)22-21(23(28)15-7-10-19-20(11-15)33-13-32-19)24(29)25(30)27(22)17-4-2-3-16(26)12-17/h2-12,22,28H,13H2,1H3/b23-21-. The largest absolute Gasteiger partial charge is 0.507 e. The van der Waals surface area contributed by atoms with Gasteiger partial charge in [-0.05, 0) is 54.1 Å². The van der Waals surface area contributed by atoms with Crippen LogP contribution in [0.3, 0.4) is 0 Å². The molecule has 1 fully saturated rings. The Balaban J connectivity index is 1.70. The number of aliphatic hydroxyl groups excluding tert-OH is 1. The van der Waals surface area contributed by atoms with Crippen LogP contribution in [-0.2, 0) is 9.59 Å². The number of rotatable bonds is 4. The molecule has 166 valence electrons. The number of fused-ring (bicyclic) bond motifs is 1. The zero-order chi connectivity index (χ0) is 23.1. The van der Waals surface area contributed by atoms with Crippen LogP contribution in [0.25, 0.3) is 5.76 Å². The normalized spacial score (nSPS) is 18.6. The summed E-state index contributed by atoms with van der Waals surface area (Å²) >= 11 is 0. The second kappa shape index (κ2) is 7.98. The summed E-state index contributed by atoms with van der Waals surface area (Å²) in [4.78, 5) is 27.4. The van der Waals surface area contributed by atoms with Crippen molar-refractivity contribution in [3.05, 3.63) is 89.2 Å². The minimum Gasteiger partial charge on any atom is -0.507 e. The van der Waals surface area contributed by atoms with Gasteiger partial charge >= 0.3 is 0 Å². The van der Waals surface area contributed by atoms with Gasteiger partial charge < -0.3 is 19.3 Å². The number of anilines is 1. The molecule has 0 aliphatic carbocycles. The Morgan fingerprint density at radius 2 is 1.79 bits per heavy atom. The first-order chi connectivity index (χ1) is 16.0. The third-order valence-electron chi connectivity index (χ3n) is 5.61. The van der Waals surface area contributed by atoms with E-state index in [1.165, 1.54) is 36.3 Å². The van der Waals surface area contributed by atoms with Crippen molar-refractivity contribution >= 4 is 23.1 Å². The maximum absolute atomic E-state index is 14.0. The molecule has 0 saturated carbocycles. The fraction of sp³-hybridized carbons (Fsp3) is 0.120. The molecule has 3 aromatic carbocycles. The minimum absolute atomic E-state index is 0.0510. The van der Waals surface area contributed by atoms with Crippen molar-refractivity contribution in [2.45, 2.75) is 6.04 Å². The Hall–Kier alpha value is -4.33. The number of halogens is 1. The van der Waals surface area contributed by atoms with Crippen LogP contribution in [0, 0.1) is 5.82 Å². The Kier molecular flexibility index (Phi) is 4.97. The second-order valence-corrected chi connectivity index (χ2v) is 7.49. The quantitative estimate of drug-likeness (QED) is 0.367. The van der Waals surface area contributed by atoms with Gasteiger partial charge in [0.1, 0.15) is 17.3 Å². The van der Waals surface area contributed by atoms with E-state index in [1.807, 2.05) is 0 Å². The molecule has 2 heterocycles. The zero-order valence-corrected chi connectivity index (χ0v) is 17.4. The van der Waals surface area contributed by atoms with E-state index in [2.05, 4.69) is 0 Å². The monoisotopic (exact) mass is 447 g/mol. The summed E-state index contributed by atoms with van der Waals surface area (Å²) in [7, 11) is 1.52. The highest BCUT2D eigenvalue weighted by Gasteiger charge is 2.47. The molecule has 0 bridgehead atoms. The van der Waals surface area contributed by atoms with Gasteiger partial charge in [-0.15, -0.1) is 0 Å². The smallest absolute Gasteiger partial charge is 0.300 e. The number of carbonyl (C=O) groups excluding carboxylic acids is 2. The lowest BCUT2D eigenvalue weighted by molar-refractivity contribution is -0.132. The van der Waals surface area contributed by atoms with Crippen molar-refractivity contribution < 1.29 is 33.3 Å². The molecule has 33 heavy (non-hydrogen) atoms. The SMILES string of the molecule is COc1ccc(C2/C(=C(/O)c3ccc4c(c3)OCO4)C(=O)C(=O)N2c2cccc(F)c2)cc1. The average molecular weight is 447 g/mol. The van der Waals surface area contributed by atoms with E-state index >= 15 is 0 Å². The molecule has 0 spiro atoms. The van der Waals surface area contributed by atoms with Gasteiger partial charge in [0.15, 0.2) is 11.5 Å². The van der Waals surface area contributed by atoms with Crippen LogP contribution in [0.1, 0.15) is 17.2 Å². The van der Waals surface area contributed by atoms with E-state index < -0.39 is 23.5 Å². The van der Waals surface area contributed by atoms with E-state index in [4.69, 9.17) is 14.2 Å². The van der Waals surface area contributed by atoms with Crippen molar-refractivity contribution in [3.63, 3.8) is 0 Å². The Morgan fingerprint density at radius 3 is 2.52 bits per heavy atom. The molecule has 8 heteroatoms. The molecule has 2 aliphatic rings. The topological polar surface area (TPSA) is 85.3 Å². The predicted molar refractivity (Wildman–Crippen MR) is 117 cm³/mol. The van der Waals surface area contributed by atoms with Crippen LogP contribution in [0.5, 0.6) is 17.2 Å². The number of carbonyl (C=O) groups is 2. The van der Waals surface area contributed by atoms with Gasteiger partial charge in [-0.25, -0.2) is 4.39 Å². The summed E-state index contributed by atoms with van der Waals surface area (Å²) in [6.07, 6.45) is 0. The first-order valence-corrected chi connectivity index (χ1v) is 10.1. The third kappa shape index (κ3) is 3.45. The summed E-state index contributed by atoms with van der Waals surface area (Å²) in [6, 6.07) is 15.9. The number of ketones is 1. The van der Waals surface area contributed by atoms with E-state index in [1.54, 1.807) is 42.5 Å². The van der Waals surface area contributed by atoms with Crippen LogP contribution in [0.15, 0.2) is 72.3 Å². The van der Waals surface area contributed by atoms with Crippen molar-refractivity contribution in [1.29, 1.82) is 0 Å². The van der Waals surface area contributed by atoms with Crippen LogP contribution < -0.4 is 19.1 Å². The third-order valence-corrected chi connectivity index (χ3v) is 5.61. The molecule has 0 aromatic heterocycles. The molecule has 1 N–H and O–H groups in total. The van der Waals surface area contributed by atoms with E-state index in [0.717, 1.165) is 0 Å². The van der Waals surface area contributed by atoms with Crippen molar-refractivity contribution in [2.75, 3.05) is 18.8 Å². The predicted octanol–water partition coefficient (Wildman–Crippen LogP) is 4.19. The molecule has 2 aliphatic heterocycles. The molecule has 5 rings (SSSR count). The summed E-state index contributed by atoms with van der Waals surface area (Å²) < 4.78 is 29.9. The van der Waals surface area contributed by atoms with Gasteiger partial charge in [0.05, 0.1) is 18.7 Å². The average Bonchev–Trinajstić information content (AvgIpc) is 3.40. The summed E-state index contributed by atoms with van der Waals surface area (Å²) in [5, 5.41) is 11.2. The number of hydrogen-bond acceptors (Lipinski definition) is 6. The molecule has 3 aromatic rings. The summed E-state index contributed by atoms with van der Waals surface area (Å²) in [6.45, 7) is 0.0510. The number of methoxy groups -OCH3 is 1. The highest BCUT2D eigenvalue weighted by molar-refractivity contribution is 6.51. The van der Waals surface area contributed by atoms with Crippen LogP contribution in [-0.4, -0.2) is 30.7 Å². The number of nitrogens with zero attached hydrogens (tertiary/aromatic N) is 1. The van der Waals surface area contributed by atoms with Gasteiger partial charge in [-0.3, -0.25) is 14.5 Å². The van der Waals surface area contributed by atoms with E-state index in [-0.39, 0.29) is 29.4 Å². The molecular formula is C25H18FNO6. The molecule has 1 unspecified atom stereocenters. The molecule has 1 atom stereocenters. The minimum atomic E-state index is -0.983. The van der Waals surface area contributed by atoms with Crippen LogP contribution >= 0.6 is 0 Å². The lowest BCUT2D eigenvalue weighted by atomic mass is 9.95. The maximum atomic E-state index is 14.0. The Labute approximate surface area is 188 Å². The number of Topliss-reactive ketones (excluding diaryl/α,β-unsaturated/α-hetero) is 1. The van der Waals surface area contributed by atoms with E-state index in [9.17, 15) is 19.1 Å². The Morgan fingerprint density at radius 1 is 1.03 bits per heavy atom. The molecule has 1 saturated heterocycles. The fourth-order valence-electron chi connectivity index (χ4n) is 4.03. The van der Waals surface area contributed by atoms with Gasteiger partial charge in [0.25, 0.3) is 11.7 Å². The number of benzene rings is 3. The van der Waals surface area contributed by atoms with Gasteiger partial charge in [-0.2, -0.15) is 0 Å². The molecule has 0 radical (unpaired) electrons. The molecule has 7 nitrogen and oxygen atoms in total. The van der Waals surface area contributed by atoms with E-state index in [0.29, 0.717) is 22.8 Å². The number of ether oxygens (including phenoxy) is 3. The van der Waals surface area contributed by atoms with Crippen LogP contribution in [0.4, 0.5) is 10.1 Å². The summed E-state index contributed by atoms with van der Waals surface area (Å²) in [5.74, 6) is -1.17.